The van der Waals surface area contributed by atoms with Crippen molar-refractivity contribution < 1.29 is 9.53 Å². The number of aryl methyl sites for hydroxylation is 2. The van der Waals surface area contributed by atoms with E-state index in [1.807, 2.05) is 32.9 Å². The number of rotatable bonds is 3. The molecule has 1 aromatic carbocycles. The number of esters is 1. The Morgan fingerprint density at radius 3 is 2.72 bits per heavy atom. The predicted molar refractivity (Wildman–Crippen MR) is 76.1 cm³/mol. The Morgan fingerprint density at radius 2 is 2.11 bits per heavy atom. The van der Waals surface area contributed by atoms with Gasteiger partial charge in [0.2, 0.25) is 0 Å². The second-order valence-corrected chi connectivity index (χ2v) is 5.11. The van der Waals surface area contributed by atoms with Gasteiger partial charge in [-0.15, -0.1) is 0 Å². The molecule has 0 radical (unpaired) electrons. The molecule has 1 aromatic heterocycles. The summed E-state index contributed by atoms with van der Waals surface area (Å²) < 4.78 is 6.11. The number of halogens is 1. The lowest BCUT2D eigenvalue weighted by Crippen LogP contribution is -2.06. The van der Waals surface area contributed by atoms with Crippen LogP contribution < -0.4 is 0 Å². The van der Waals surface area contributed by atoms with E-state index in [1.165, 1.54) is 0 Å². The van der Waals surface area contributed by atoms with Gasteiger partial charge in [-0.1, -0.05) is 22.9 Å². The van der Waals surface area contributed by atoms with Gasteiger partial charge < -0.3 is 9.72 Å². The highest BCUT2D eigenvalue weighted by atomic mass is 79.9. The third-order valence-corrected chi connectivity index (χ3v) is 3.44. The fourth-order valence-corrected chi connectivity index (χ4v) is 2.76. The second-order valence-electron chi connectivity index (χ2n) is 4.20. The summed E-state index contributed by atoms with van der Waals surface area (Å²) in [7, 11) is 0. The number of fused-ring (bicyclic) bond motifs is 1. The van der Waals surface area contributed by atoms with E-state index in [2.05, 4.69) is 20.9 Å². The molecule has 0 atom stereocenters. The molecule has 18 heavy (non-hydrogen) atoms. The molecule has 0 aliphatic carbocycles. The second kappa shape index (κ2) is 5.14. The maximum Gasteiger partial charge on any atom is 0.340 e. The molecule has 0 spiro atoms. The Hall–Kier alpha value is -1.29. The van der Waals surface area contributed by atoms with Crippen LogP contribution in [0.25, 0.3) is 10.9 Å². The lowest BCUT2D eigenvalue weighted by molar-refractivity contribution is 0.0527. The molecule has 2 aromatic rings. The smallest absolute Gasteiger partial charge is 0.340 e. The minimum atomic E-state index is -0.252. The summed E-state index contributed by atoms with van der Waals surface area (Å²) in [4.78, 5) is 15.4. The zero-order valence-corrected chi connectivity index (χ0v) is 12.3. The number of carbonyl (C=O) groups is 1. The highest BCUT2D eigenvalue weighted by molar-refractivity contribution is 9.10. The third kappa shape index (κ3) is 2.17. The predicted octanol–water partition coefficient (Wildman–Crippen LogP) is 3.98. The van der Waals surface area contributed by atoms with Crippen molar-refractivity contribution in [2.24, 2.45) is 0 Å². The van der Waals surface area contributed by atoms with Crippen LogP contribution in [0.2, 0.25) is 0 Å². The summed E-state index contributed by atoms with van der Waals surface area (Å²) in [5.74, 6) is -0.252. The van der Waals surface area contributed by atoms with Crippen molar-refractivity contribution >= 4 is 32.8 Å². The first-order valence-electron chi connectivity index (χ1n) is 6.06. The Bertz CT molecular complexity index is 601. The number of nitrogens with one attached hydrogen (secondary N) is 1. The number of aromatic amines is 1. The maximum atomic E-state index is 12.1. The van der Waals surface area contributed by atoms with Gasteiger partial charge in [-0.25, -0.2) is 4.79 Å². The average Bonchev–Trinajstić information content (AvgIpc) is 2.68. The van der Waals surface area contributed by atoms with Gasteiger partial charge in [-0.2, -0.15) is 0 Å². The molecule has 1 heterocycles. The molecule has 4 heteroatoms. The minimum Gasteiger partial charge on any atom is -0.462 e. The first kappa shape index (κ1) is 13.1. The number of ether oxygens (including phenoxy) is 1. The Balaban J connectivity index is 2.72. The summed E-state index contributed by atoms with van der Waals surface area (Å²) in [6, 6.07) is 4.00. The molecule has 1 N–H and O–H groups in total. The monoisotopic (exact) mass is 309 g/mol. The largest absolute Gasteiger partial charge is 0.462 e. The molecule has 0 unspecified atom stereocenters. The van der Waals surface area contributed by atoms with Crippen molar-refractivity contribution in [3.05, 3.63) is 33.4 Å². The lowest BCUT2D eigenvalue weighted by Gasteiger charge is -2.03. The molecule has 0 saturated carbocycles. The van der Waals surface area contributed by atoms with Crippen molar-refractivity contribution in [3.8, 4) is 0 Å². The van der Waals surface area contributed by atoms with Crippen LogP contribution in [-0.2, 0) is 11.2 Å². The number of hydrogen-bond acceptors (Lipinski definition) is 2. The van der Waals surface area contributed by atoms with Gasteiger partial charge in [0.1, 0.15) is 0 Å². The Kier molecular flexibility index (Phi) is 3.76. The molecule has 2 rings (SSSR count). The standard InChI is InChI=1S/C14H16BrNO2/c1-4-11-12(14(17)18-5-2)10-7-9(15)6-8(3)13(10)16-11/h6-7,16H,4-5H2,1-3H3. The fourth-order valence-electron chi connectivity index (χ4n) is 2.18. The maximum absolute atomic E-state index is 12.1. The van der Waals surface area contributed by atoms with Crippen LogP contribution in [0.4, 0.5) is 0 Å². The molecule has 0 amide bonds. The van der Waals surface area contributed by atoms with Gasteiger partial charge in [-0.05, 0) is 38.0 Å². The van der Waals surface area contributed by atoms with E-state index in [-0.39, 0.29) is 5.97 Å². The highest BCUT2D eigenvalue weighted by Gasteiger charge is 2.19. The summed E-state index contributed by atoms with van der Waals surface area (Å²) in [6.07, 6.45) is 0.778. The van der Waals surface area contributed by atoms with E-state index in [0.29, 0.717) is 12.2 Å². The minimum absolute atomic E-state index is 0.252. The van der Waals surface area contributed by atoms with E-state index in [0.717, 1.165) is 33.1 Å². The van der Waals surface area contributed by atoms with Gasteiger partial charge >= 0.3 is 5.97 Å². The normalized spacial score (nSPS) is 10.9. The van der Waals surface area contributed by atoms with Crippen molar-refractivity contribution in [1.82, 2.24) is 4.98 Å². The van der Waals surface area contributed by atoms with Gasteiger partial charge in [-0.3, -0.25) is 0 Å². The van der Waals surface area contributed by atoms with E-state index >= 15 is 0 Å². The van der Waals surface area contributed by atoms with Crippen LogP contribution >= 0.6 is 15.9 Å². The Morgan fingerprint density at radius 1 is 1.39 bits per heavy atom. The SMILES string of the molecule is CCOC(=O)c1c(CC)[nH]c2c(C)cc(Br)cc12. The number of carbonyl (C=O) groups excluding carboxylic acids is 1. The summed E-state index contributed by atoms with van der Waals surface area (Å²) in [5.41, 5.74) is 3.73. The van der Waals surface area contributed by atoms with E-state index in [1.54, 1.807) is 0 Å². The molecule has 0 aliphatic heterocycles. The van der Waals surface area contributed by atoms with Crippen LogP contribution in [0.3, 0.4) is 0 Å². The molecular weight excluding hydrogens is 294 g/mol. The van der Waals surface area contributed by atoms with E-state index in [9.17, 15) is 4.79 Å². The first-order chi connectivity index (χ1) is 8.58. The fraction of sp³-hybridized carbons (Fsp3) is 0.357. The summed E-state index contributed by atoms with van der Waals surface area (Å²) >= 11 is 3.47. The third-order valence-electron chi connectivity index (χ3n) is 2.98. The Labute approximate surface area is 115 Å². The molecule has 0 bridgehead atoms. The molecule has 3 nitrogen and oxygen atoms in total. The highest BCUT2D eigenvalue weighted by Crippen LogP contribution is 2.29. The molecule has 0 fully saturated rings. The first-order valence-corrected chi connectivity index (χ1v) is 6.85. The zero-order valence-electron chi connectivity index (χ0n) is 10.8. The molecule has 0 aliphatic rings. The van der Waals surface area contributed by atoms with E-state index in [4.69, 9.17) is 4.74 Å². The molecule has 96 valence electrons. The van der Waals surface area contributed by atoms with Crippen LogP contribution in [0, 0.1) is 6.92 Å². The van der Waals surface area contributed by atoms with Crippen molar-refractivity contribution in [2.75, 3.05) is 6.61 Å². The van der Waals surface area contributed by atoms with Crippen LogP contribution in [-0.4, -0.2) is 17.6 Å². The van der Waals surface area contributed by atoms with Crippen LogP contribution in [0.5, 0.6) is 0 Å². The van der Waals surface area contributed by atoms with Crippen LogP contribution in [0.1, 0.15) is 35.5 Å². The number of benzene rings is 1. The van der Waals surface area contributed by atoms with Gasteiger partial charge in [0.25, 0.3) is 0 Å². The summed E-state index contributed by atoms with van der Waals surface area (Å²) in [5, 5.41) is 0.928. The van der Waals surface area contributed by atoms with Crippen molar-refractivity contribution in [2.45, 2.75) is 27.2 Å². The lowest BCUT2D eigenvalue weighted by atomic mass is 10.1. The van der Waals surface area contributed by atoms with Gasteiger partial charge in [0, 0.05) is 21.1 Å². The van der Waals surface area contributed by atoms with Crippen molar-refractivity contribution in [1.29, 1.82) is 0 Å². The van der Waals surface area contributed by atoms with Crippen molar-refractivity contribution in [3.63, 3.8) is 0 Å². The number of aromatic nitrogens is 1. The number of hydrogen-bond donors (Lipinski definition) is 1. The van der Waals surface area contributed by atoms with Gasteiger partial charge in [0.15, 0.2) is 0 Å². The van der Waals surface area contributed by atoms with Gasteiger partial charge in [0.05, 0.1) is 12.2 Å². The average molecular weight is 310 g/mol. The topological polar surface area (TPSA) is 42.1 Å². The zero-order chi connectivity index (χ0) is 13.3. The quantitative estimate of drug-likeness (QED) is 0.871. The van der Waals surface area contributed by atoms with Crippen LogP contribution in [0.15, 0.2) is 16.6 Å². The number of H-pyrrole nitrogens is 1. The van der Waals surface area contributed by atoms with E-state index < -0.39 is 0 Å². The molecule has 0 saturated heterocycles. The summed E-state index contributed by atoms with van der Waals surface area (Å²) in [6.45, 7) is 6.26. The molecular formula is C14H16BrNO2.